The Morgan fingerprint density at radius 3 is 1.73 bits per heavy atom. The second-order valence-corrected chi connectivity index (χ2v) is 12.9. The van der Waals surface area contributed by atoms with Gasteiger partial charge in [-0.2, -0.15) is 0 Å². The van der Waals surface area contributed by atoms with Crippen LogP contribution in [0.3, 0.4) is 0 Å². The van der Waals surface area contributed by atoms with E-state index in [9.17, 15) is 0 Å². The van der Waals surface area contributed by atoms with Gasteiger partial charge in [-0.3, -0.25) is 0 Å². The van der Waals surface area contributed by atoms with Crippen LogP contribution in [0, 0.1) is 6.92 Å². The third-order valence-electron chi connectivity index (χ3n) is 9.80. The summed E-state index contributed by atoms with van der Waals surface area (Å²) in [7, 11) is 0. The van der Waals surface area contributed by atoms with Gasteiger partial charge in [0.05, 0.1) is 11.0 Å². The molecule has 240 valence electrons. The maximum Gasteiger partial charge on any atom is 0.164 e. The van der Waals surface area contributed by atoms with Crippen LogP contribution in [0.15, 0.2) is 168 Å². The highest BCUT2D eigenvalue weighted by molar-refractivity contribution is 6.11. The van der Waals surface area contributed by atoms with Crippen LogP contribution in [0.4, 0.5) is 0 Å². The van der Waals surface area contributed by atoms with Crippen molar-refractivity contribution >= 4 is 43.7 Å². The molecule has 0 amide bonds. The number of hydrogen-bond acceptors (Lipinski definition) is 4. The Morgan fingerprint density at radius 2 is 0.961 bits per heavy atom. The first kappa shape index (κ1) is 29.1. The van der Waals surface area contributed by atoms with Crippen LogP contribution in [0.1, 0.15) is 5.56 Å². The van der Waals surface area contributed by atoms with E-state index in [1.807, 2.05) is 54.6 Å². The quantitative estimate of drug-likeness (QED) is 0.185. The lowest BCUT2D eigenvalue weighted by Crippen LogP contribution is -2.00. The van der Waals surface area contributed by atoms with Crippen molar-refractivity contribution in [1.29, 1.82) is 0 Å². The first-order valence-electron chi connectivity index (χ1n) is 17.1. The number of fused-ring (bicyclic) bond motifs is 6. The Bertz CT molecular complexity index is 2920. The number of benzene rings is 7. The minimum absolute atomic E-state index is 0.620. The Hall–Kier alpha value is -6.85. The average molecular weight is 655 g/mol. The first-order valence-corrected chi connectivity index (χ1v) is 17.1. The van der Waals surface area contributed by atoms with Crippen molar-refractivity contribution in [2.24, 2.45) is 0 Å². The summed E-state index contributed by atoms with van der Waals surface area (Å²) in [6, 6.07) is 56.9. The van der Waals surface area contributed by atoms with Crippen molar-refractivity contribution in [3.63, 3.8) is 0 Å². The minimum atomic E-state index is 0.620. The predicted molar refractivity (Wildman–Crippen MR) is 208 cm³/mol. The maximum absolute atomic E-state index is 6.36. The molecule has 51 heavy (non-hydrogen) atoms. The summed E-state index contributed by atoms with van der Waals surface area (Å²) >= 11 is 0. The fourth-order valence-corrected chi connectivity index (χ4v) is 7.27. The van der Waals surface area contributed by atoms with Gasteiger partial charge in [0, 0.05) is 43.9 Å². The van der Waals surface area contributed by atoms with Crippen molar-refractivity contribution in [3.05, 3.63) is 169 Å². The van der Waals surface area contributed by atoms with Gasteiger partial charge in [-0.25, -0.2) is 15.0 Å². The molecule has 3 aromatic heterocycles. The molecule has 7 aromatic carbocycles. The van der Waals surface area contributed by atoms with E-state index in [1.165, 1.54) is 21.8 Å². The fraction of sp³-hybridized carbons (Fsp3) is 0.0217. The van der Waals surface area contributed by atoms with E-state index in [4.69, 9.17) is 19.4 Å². The van der Waals surface area contributed by atoms with Crippen molar-refractivity contribution < 1.29 is 4.42 Å². The lowest BCUT2D eigenvalue weighted by atomic mass is 10.00. The van der Waals surface area contributed by atoms with E-state index in [1.54, 1.807) is 0 Å². The van der Waals surface area contributed by atoms with Crippen molar-refractivity contribution in [2.75, 3.05) is 0 Å². The van der Waals surface area contributed by atoms with Crippen LogP contribution < -0.4 is 0 Å². The average Bonchev–Trinajstić information content (AvgIpc) is 3.73. The molecule has 0 spiro atoms. The fourth-order valence-electron chi connectivity index (χ4n) is 7.27. The van der Waals surface area contributed by atoms with Crippen molar-refractivity contribution in [2.45, 2.75) is 6.92 Å². The molecule has 0 aliphatic carbocycles. The van der Waals surface area contributed by atoms with Crippen LogP contribution in [0.2, 0.25) is 0 Å². The molecular weight excluding hydrogens is 625 g/mol. The molecule has 0 saturated carbocycles. The summed E-state index contributed by atoms with van der Waals surface area (Å²) in [5.41, 5.74) is 11.4. The van der Waals surface area contributed by atoms with Gasteiger partial charge in [-0.15, -0.1) is 0 Å². The third kappa shape index (κ3) is 4.90. The standard InChI is InChI=1S/C46H30N4O/c1-29-12-8-9-17-35(29)46-48-44(30-13-4-2-5-14-30)47-45(49-46)33-22-25-43-39(28-33)38-27-32(21-24-42(38)51-43)31-20-23-41-37(26-31)36-18-10-11-19-40(36)50(41)34-15-6-3-7-16-34/h2-28H,1H3. The van der Waals surface area contributed by atoms with E-state index < -0.39 is 0 Å². The molecule has 0 saturated heterocycles. The second kappa shape index (κ2) is 11.6. The van der Waals surface area contributed by atoms with Gasteiger partial charge < -0.3 is 8.98 Å². The van der Waals surface area contributed by atoms with Gasteiger partial charge in [0.25, 0.3) is 0 Å². The number of aromatic nitrogens is 4. The predicted octanol–water partition coefficient (Wildman–Crippen LogP) is 11.8. The van der Waals surface area contributed by atoms with Crippen molar-refractivity contribution in [3.8, 4) is 51.0 Å². The third-order valence-corrected chi connectivity index (χ3v) is 9.80. The van der Waals surface area contributed by atoms with E-state index in [0.717, 1.165) is 61.0 Å². The van der Waals surface area contributed by atoms with Gasteiger partial charge in [-0.05, 0) is 84.3 Å². The summed E-state index contributed by atoms with van der Waals surface area (Å²) in [5.74, 6) is 1.91. The first-order chi connectivity index (χ1) is 25.2. The topological polar surface area (TPSA) is 56.7 Å². The molecule has 10 aromatic rings. The van der Waals surface area contributed by atoms with Gasteiger partial charge in [-0.1, -0.05) is 103 Å². The molecule has 3 heterocycles. The molecular formula is C46H30N4O. The largest absolute Gasteiger partial charge is 0.456 e. The van der Waals surface area contributed by atoms with Gasteiger partial charge in [0.1, 0.15) is 11.2 Å². The lowest BCUT2D eigenvalue weighted by molar-refractivity contribution is 0.669. The minimum Gasteiger partial charge on any atom is -0.456 e. The summed E-state index contributed by atoms with van der Waals surface area (Å²) < 4.78 is 8.70. The zero-order chi connectivity index (χ0) is 33.9. The highest BCUT2D eigenvalue weighted by atomic mass is 16.3. The molecule has 0 unspecified atom stereocenters. The Kier molecular flexibility index (Phi) is 6.64. The van der Waals surface area contributed by atoms with E-state index >= 15 is 0 Å². The molecule has 5 heteroatoms. The monoisotopic (exact) mass is 654 g/mol. The number of para-hydroxylation sites is 2. The molecule has 0 N–H and O–H groups in total. The zero-order valence-electron chi connectivity index (χ0n) is 27.8. The van der Waals surface area contributed by atoms with Crippen LogP contribution in [0.5, 0.6) is 0 Å². The molecule has 0 fully saturated rings. The van der Waals surface area contributed by atoms with Gasteiger partial charge in [0.2, 0.25) is 0 Å². The highest BCUT2D eigenvalue weighted by Crippen LogP contribution is 2.38. The molecule has 0 atom stereocenters. The smallest absolute Gasteiger partial charge is 0.164 e. The Balaban J connectivity index is 1.12. The summed E-state index contributed by atoms with van der Waals surface area (Å²) in [6.07, 6.45) is 0. The van der Waals surface area contributed by atoms with E-state index in [-0.39, 0.29) is 0 Å². The highest BCUT2D eigenvalue weighted by Gasteiger charge is 2.17. The van der Waals surface area contributed by atoms with Crippen LogP contribution >= 0.6 is 0 Å². The van der Waals surface area contributed by atoms with E-state index in [2.05, 4.69) is 121 Å². The number of rotatable bonds is 5. The number of furan rings is 1. The SMILES string of the molecule is Cc1ccccc1-c1nc(-c2ccccc2)nc(-c2ccc3oc4ccc(-c5ccc6c(c5)c5ccccc5n6-c5ccccc5)cc4c3c2)n1. The molecule has 0 aliphatic rings. The van der Waals surface area contributed by atoms with Gasteiger partial charge >= 0.3 is 0 Å². The molecule has 0 aliphatic heterocycles. The summed E-state index contributed by atoms with van der Waals surface area (Å²) in [4.78, 5) is 14.9. The zero-order valence-corrected chi connectivity index (χ0v) is 27.8. The van der Waals surface area contributed by atoms with E-state index in [0.29, 0.717) is 17.5 Å². The number of hydrogen-bond donors (Lipinski definition) is 0. The molecule has 0 bridgehead atoms. The summed E-state index contributed by atoms with van der Waals surface area (Å²) in [6.45, 7) is 2.08. The molecule has 10 rings (SSSR count). The van der Waals surface area contributed by atoms with Crippen molar-refractivity contribution in [1.82, 2.24) is 19.5 Å². The number of nitrogens with zero attached hydrogens (tertiary/aromatic N) is 4. The second-order valence-electron chi connectivity index (χ2n) is 12.9. The normalized spacial score (nSPS) is 11.6. The van der Waals surface area contributed by atoms with Gasteiger partial charge in [0.15, 0.2) is 17.5 Å². The lowest BCUT2D eigenvalue weighted by Gasteiger charge is -2.10. The summed E-state index contributed by atoms with van der Waals surface area (Å²) in [5, 5.41) is 4.52. The Morgan fingerprint density at radius 1 is 0.412 bits per heavy atom. The molecule has 0 radical (unpaired) electrons. The molecule has 5 nitrogen and oxygen atoms in total. The van der Waals surface area contributed by atoms with Crippen LogP contribution in [-0.2, 0) is 0 Å². The van der Waals surface area contributed by atoms with Crippen LogP contribution in [0.25, 0.3) is 94.7 Å². The Labute approximate surface area is 294 Å². The number of aryl methyl sites for hydroxylation is 1. The van der Waals surface area contributed by atoms with Crippen LogP contribution in [-0.4, -0.2) is 19.5 Å². The maximum atomic E-state index is 6.36.